The van der Waals surface area contributed by atoms with Crippen molar-refractivity contribution in [3.05, 3.63) is 23.8 Å². The molecule has 1 aromatic carbocycles. The minimum absolute atomic E-state index is 0.133. The summed E-state index contributed by atoms with van der Waals surface area (Å²) in [4.78, 5) is 0. The number of nitrogens with two attached hydrogens (primary N) is 1. The zero-order valence-corrected chi connectivity index (χ0v) is 7.81. The van der Waals surface area contributed by atoms with E-state index in [0.29, 0.717) is 29.9 Å². The van der Waals surface area contributed by atoms with Gasteiger partial charge in [0.15, 0.2) is 0 Å². The predicted octanol–water partition coefficient (Wildman–Crippen LogP) is -1.25. The summed E-state index contributed by atoms with van der Waals surface area (Å²) in [6.07, 6.45) is 0. The van der Waals surface area contributed by atoms with E-state index in [1.54, 1.807) is 18.2 Å². The van der Waals surface area contributed by atoms with Gasteiger partial charge in [0.2, 0.25) is 0 Å². The van der Waals surface area contributed by atoms with Crippen LogP contribution in [0.2, 0.25) is 0 Å². The van der Waals surface area contributed by atoms with Crippen molar-refractivity contribution >= 4 is 12.9 Å². The van der Waals surface area contributed by atoms with Gasteiger partial charge in [-0.25, -0.2) is 0 Å². The highest BCUT2D eigenvalue weighted by atomic mass is 16.5. The van der Waals surface area contributed by atoms with Crippen LogP contribution in [0.4, 0.5) is 0 Å². The summed E-state index contributed by atoms with van der Waals surface area (Å²) in [7, 11) is 0.928. The Morgan fingerprint density at radius 1 is 1.43 bits per heavy atom. The molecule has 0 aliphatic rings. The Hall–Kier alpha value is -1.04. The summed E-state index contributed by atoms with van der Waals surface area (Å²) in [5, 5.41) is 18.0. The predicted molar refractivity (Wildman–Crippen MR) is 54.5 cm³/mol. The molecule has 0 unspecified atom stereocenters. The van der Waals surface area contributed by atoms with Crippen LogP contribution < -0.4 is 15.9 Å². The lowest BCUT2D eigenvalue weighted by molar-refractivity contribution is 0.281. The fourth-order valence-corrected chi connectivity index (χ4v) is 1.17. The van der Waals surface area contributed by atoms with Crippen molar-refractivity contribution in [1.29, 1.82) is 0 Å². The first-order chi connectivity index (χ1) is 6.83. The van der Waals surface area contributed by atoms with Gasteiger partial charge in [-0.3, -0.25) is 0 Å². The molecule has 0 aromatic heterocycles. The molecule has 0 spiro atoms. The lowest BCUT2D eigenvalue weighted by Gasteiger charge is -2.11. The van der Waals surface area contributed by atoms with Crippen LogP contribution in [0, 0.1) is 0 Å². The Bertz CT molecular complexity index is 293. The number of hydrogen-bond donors (Lipinski definition) is 3. The van der Waals surface area contributed by atoms with Gasteiger partial charge in [-0.1, -0.05) is 12.1 Å². The van der Waals surface area contributed by atoms with E-state index in [2.05, 4.69) is 0 Å². The average Bonchev–Trinajstić information content (AvgIpc) is 2.25. The van der Waals surface area contributed by atoms with Gasteiger partial charge in [-0.2, -0.15) is 0 Å². The van der Waals surface area contributed by atoms with Gasteiger partial charge in [0, 0.05) is 6.54 Å². The molecule has 0 aliphatic carbocycles. The van der Waals surface area contributed by atoms with E-state index < -0.39 is 0 Å². The molecule has 0 bridgehead atoms. The van der Waals surface area contributed by atoms with E-state index in [1.165, 1.54) is 0 Å². The molecule has 0 aliphatic heterocycles. The maximum atomic E-state index is 8.99. The van der Waals surface area contributed by atoms with Gasteiger partial charge in [-0.05, 0) is 17.1 Å². The van der Waals surface area contributed by atoms with E-state index in [-0.39, 0.29) is 6.61 Å². The molecule has 4 N–H and O–H groups in total. The lowest BCUT2D eigenvalue weighted by Crippen LogP contribution is -2.24. The highest BCUT2D eigenvalue weighted by Crippen LogP contribution is 2.09. The Kier molecular flexibility index (Phi) is 4.45. The molecule has 1 aromatic rings. The number of rotatable bonds is 5. The monoisotopic (exact) mass is 194 g/mol. The highest BCUT2D eigenvalue weighted by molar-refractivity contribution is 6.47. The molecule has 1 radical (unpaired) electrons. The van der Waals surface area contributed by atoms with Crippen LogP contribution in [-0.2, 0) is 6.61 Å². The third-order valence-corrected chi connectivity index (χ3v) is 1.83. The molecule has 0 amide bonds. The van der Waals surface area contributed by atoms with Crippen molar-refractivity contribution in [1.82, 2.24) is 0 Å². The summed E-state index contributed by atoms with van der Waals surface area (Å²) in [6.45, 7) is 0.663. The highest BCUT2D eigenvalue weighted by Gasteiger charge is 2.08. The van der Waals surface area contributed by atoms with Crippen LogP contribution in [0.25, 0.3) is 0 Å². The molecule has 0 fully saturated rings. The van der Waals surface area contributed by atoms with Crippen LogP contribution in [0.1, 0.15) is 5.56 Å². The number of hydrogen-bond acceptors (Lipinski definition) is 4. The second-order valence-electron chi connectivity index (χ2n) is 2.75. The van der Waals surface area contributed by atoms with E-state index in [4.69, 9.17) is 20.6 Å². The SMILES string of the molecule is NCCOc1cccc(CO)c1[B]O. The van der Waals surface area contributed by atoms with Gasteiger partial charge in [0.05, 0.1) is 6.61 Å². The second kappa shape index (κ2) is 5.64. The molecule has 1 rings (SSSR count). The van der Waals surface area contributed by atoms with Crippen LogP contribution in [0.15, 0.2) is 18.2 Å². The Balaban J connectivity index is 2.90. The zero-order chi connectivity index (χ0) is 10.4. The molecule has 0 saturated heterocycles. The number of ether oxygens (including phenoxy) is 1. The van der Waals surface area contributed by atoms with Gasteiger partial charge in [0.1, 0.15) is 12.4 Å². The topological polar surface area (TPSA) is 75.7 Å². The van der Waals surface area contributed by atoms with Crippen molar-refractivity contribution in [2.45, 2.75) is 6.61 Å². The number of aliphatic hydroxyl groups is 1. The van der Waals surface area contributed by atoms with Crippen LogP contribution in [-0.4, -0.2) is 30.8 Å². The summed E-state index contributed by atoms with van der Waals surface area (Å²) in [5.74, 6) is 0.532. The smallest absolute Gasteiger partial charge is 0.331 e. The van der Waals surface area contributed by atoms with Gasteiger partial charge in [-0.15, -0.1) is 0 Å². The van der Waals surface area contributed by atoms with Gasteiger partial charge in [0.25, 0.3) is 0 Å². The third kappa shape index (κ3) is 2.48. The summed E-state index contributed by atoms with van der Waals surface area (Å²) in [5.41, 5.74) is 6.42. The zero-order valence-electron chi connectivity index (χ0n) is 7.81. The van der Waals surface area contributed by atoms with Crippen LogP contribution >= 0.6 is 0 Å². The maximum Gasteiger partial charge on any atom is 0.331 e. The molecule has 14 heavy (non-hydrogen) atoms. The van der Waals surface area contributed by atoms with Crippen molar-refractivity contribution in [2.24, 2.45) is 5.73 Å². The minimum atomic E-state index is -0.133. The molecular formula is C9H13BNO3. The first-order valence-corrected chi connectivity index (χ1v) is 4.36. The first-order valence-electron chi connectivity index (χ1n) is 4.36. The maximum absolute atomic E-state index is 8.99. The minimum Gasteiger partial charge on any atom is -0.493 e. The molecule has 0 heterocycles. The third-order valence-electron chi connectivity index (χ3n) is 1.83. The fraction of sp³-hybridized carbons (Fsp3) is 0.333. The van der Waals surface area contributed by atoms with Gasteiger partial charge >= 0.3 is 7.48 Å². The number of benzene rings is 1. The van der Waals surface area contributed by atoms with E-state index >= 15 is 0 Å². The first kappa shape index (κ1) is 11.0. The van der Waals surface area contributed by atoms with Crippen LogP contribution in [0.5, 0.6) is 5.75 Å². The van der Waals surface area contributed by atoms with E-state index in [1.807, 2.05) is 0 Å². The van der Waals surface area contributed by atoms with Crippen LogP contribution in [0.3, 0.4) is 0 Å². The quantitative estimate of drug-likeness (QED) is 0.512. The molecule has 0 atom stereocenters. The Morgan fingerprint density at radius 3 is 2.79 bits per heavy atom. The summed E-state index contributed by atoms with van der Waals surface area (Å²) >= 11 is 0. The van der Waals surface area contributed by atoms with E-state index in [9.17, 15) is 0 Å². The molecular weight excluding hydrogens is 181 g/mol. The Labute approximate surface area is 83.6 Å². The fourth-order valence-electron chi connectivity index (χ4n) is 1.17. The van der Waals surface area contributed by atoms with Crippen molar-refractivity contribution in [3.63, 3.8) is 0 Å². The lowest BCUT2D eigenvalue weighted by atomic mass is 9.83. The van der Waals surface area contributed by atoms with Crippen molar-refractivity contribution in [2.75, 3.05) is 13.2 Å². The molecule has 4 nitrogen and oxygen atoms in total. The normalized spacial score (nSPS) is 9.93. The summed E-state index contributed by atoms with van der Waals surface area (Å²) < 4.78 is 5.29. The largest absolute Gasteiger partial charge is 0.493 e. The van der Waals surface area contributed by atoms with Gasteiger partial charge < -0.3 is 20.6 Å². The molecule has 5 heteroatoms. The summed E-state index contributed by atoms with van der Waals surface area (Å²) in [6, 6.07) is 5.19. The number of aliphatic hydroxyl groups excluding tert-OH is 1. The van der Waals surface area contributed by atoms with E-state index in [0.717, 1.165) is 7.48 Å². The van der Waals surface area contributed by atoms with Crippen molar-refractivity contribution in [3.8, 4) is 5.75 Å². The second-order valence-corrected chi connectivity index (χ2v) is 2.75. The standard InChI is InChI=1S/C9H13BNO3/c11-4-5-14-8-3-1-2-7(6-12)9(8)10-13/h1-3,12-13H,4-6,11H2. The van der Waals surface area contributed by atoms with Crippen molar-refractivity contribution < 1.29 is 14.9 Å². The average molecular weight is 194 g/mol. The Morgan fingerprint density at radius 2 is 2.21 bits per heavy atom. The molecule has 0 saturated carbocycles. The molecule has 75 valence electrons.